The van der Waals surface area contributed by atoms with Gasteiger partial charge in [-0.3, -0.25) is 4.68 Å². The Morgan fingerprint density at radius 2 is 1.74 bits per heavy atom. The summed E-state index contributed by atoms with van der Waals surface area (Å²) in [6.07, 6.45) is 2.84. The number of urea groups is 1. The summed E-state index contributed by atoms with van der Waals surface area (Å²) >= 11 is 0. The van der Waals surface area contributed by atoms with Gasteiger partial charge in [0, 0.05) is 12.4 Å². The van der Waals surface area contributed by atoms with Crippen LogP contribution >= 0.6 is 0 Å². The summed E-state index contributed by atoms with van der Waals surface area (Å²) in [6.45, 7) is 0. The molecule has 0 unspecified atom stereocenters. The molecule has 0 saturated heterocycles. The predicted molar refractivity (Wildman–Crippen MR) is 79.9 cm³/mol. The maximum atomic E-state index is 12.4. The summed E-state index contributed by atoms with van der Waals surface area (Å²) in [5.74, 6) is -0.531. The normalized spacial score (nSPS) is 10.9. The SMILES string of the molecule is COc1cc(OC)nc(N(C(N)=O)S(=O)(=O)Nn2cccc2)n1. The zero-order valence-electron chi connectivity index (χ0n) is 12.2. The molecule has 0 bridgehead atoms. The lowest BCUT2D eigenvalue weighted by molar-refractivity contribution is 0.256. The maximum Gasteiger partial charge on any atom is 0.348 e. The number of methoxy groups -OCH3 is 2. The van der Waals surface area contributed by atoms with Gasteiger partial charge in [0.2, 0.25) is 11.8 Å². The van der Waals surface area contributed by atoms with E-state index in [-0.39, 0.29) is 16.1 Å². The Labute approximate surface area is 131 Å². The fourth-order valence-electron chi connectivity index (χ4n) is 1.59. The van der Waals surface area contributed by atoms with Crippen molar-refractivity contribution in [2.75, 3.05) is 23.4 Å². The quantitative estimate of drug-likeness (QED) is 0.732. The molecular weight excluding hydrogens is 328 g/mol. The van der Waals surface area contributed by atoms with E-state index in [1.165, 1.54) is 32.7 Å². The zero-order valence-corrected chi connectivity index (χ0v) is 13.0. The highest BCUT2D eigenvalue weighted by atomic mass is 32.2. The van der Waals surface area contributed by atoms with Crippen LogP contribution in [0.15, 0.2) is 30.6 Å². The highest BCUT2D eigenvalue weighted by Crippen LogP contribution is 2.21. The molecule has 124 valence electrons. The number of hydrogen-bond acceptors (Lipinski definition) is 7. The minimum absolute atomic E-state index is 0.00531. The largest absolute Gasteiger partial charge is 0.481 e. The first-order chi connectivity index (χ1) is 10.9. The second kappa shape index (κ2) is 6.39. The van der Waals surface area contributed by atoms with Crippen molar-refractivity contribution in [1.29, 1.82) is 0 Å². The van der Waals surface area contributed by atoms with Gasteiger partial charge in [-0.1, -0.05) is 0 Å². The van der Waals surface area contributed by atoms with Gasteiger partial charge in [-0.15, -0.1) is 4.31 Å². The number of anilines is 1. The summed E-state index contributed by atoms with van der Waals surface area (Å²) in [4.78, 5) is 21.3. The van der Waals surface area contributed by atoms with Gasteiger partial charge in [0.15, 0.2) is 0 Å². The van der Waals surface area contributed by atoms with Gasteiger partial charge in [0.25, 0.3) is 5.95 Å². The Kier molecular flexibility index (Phi) is 4.55. The molecule has 0 spiro atoms. The molecule has 0 atom stereocenters. The lowest BCUT2D eigenvalue weighted by atomic mass is 10.6. The summed E-state index contributed by atoms with van der Waals surface area (Å²) in [7, 11) is -1.79. The van der Waals surface area contributed by atoms with Gasteiger partial charge in [0.1, 0.15) is 0 Å². The van der Waals surface area contributed by atoms with E-state index in [0.29, 0.717) is 0 Å². The van der Waals surface area contributed by atoms with E-state index in [4.69, 9.17) is 15.2 Å². The average Bonchev–Trinajstić information content (AvgIpc) is 2.98. The fraction of sp³-hybridized carbons (Fsp3) is 0.182. The van der Waals surface area contributed by atoms with Crippen molar-refractivity contribution in [3.8, 4) is 11.8 Å². The van der Waals surface area contributed by atoms with Gasteiger partial charge in [0.05, 0.1) is 20.3 Å². The molecule has 2 aromatic heterocycles. The minimum atomic E-state index is -4.41. The molecule has 23 heavy (non-hydrogen) atoms. The van der Waals surface area contributed by atoms with Crippen LogP contribution in [0.1, 0.15) is 0 Å². The molecule has 0 aliphatic rings. The van der Waals surface area contributed by atoms with Gasteiger partial charge < -0.3 is 15.2 Å². The molecule has 0 radical (unpaired) electrons. The summed E-state index contributed by atoms with van der Waals surface area (Å²) in [5, 5.41) is 0. The number of aromatic nitrogens is 3. The monoisotopic (exact) mass is 342 g/mol. The van der Waals surface area contributed by atoms with Crippen molar-refractivity contribution in [2.45, 2.75) is 0 Å². The lowest BCUT2D eigenvalue weighted by Gasteiger charge is -2.20. The molecule has 0 saturated carbocycles. The first kappa shape index (κ1) is 16.4. The van der Waals surface area contributed by atoms with Gasteiger partial charge in [-0.25, -0.2) is 9.63 Å². The van der Waals surface area contributed by atoms with E-state index in [2.05, 4.69) is 14.8 Å². The van der Waals surface area contributed by atoms with Gasteiger partial charge in [-0.05, 0) is 12.1 Å². The lowest BCUT2D eigenvalue weighted by Crippen LogP contribution is -2.46. The summed E-state index contributed by atoms with van der Waals surface area (Å²) in [6, 6.07) is 3.18. The predicted octanol–water partition coefficient (Wildman–Crippen LogP) is -0.331. The van der Waals surface area contributed by atoms with E-state index in [1.54, 1.807) is 12.1 Å². The average molecular weight is 342 g/mol. The maximum absolute atomic E-state index is 12.4. The standard InChI is InChI=1S/C11H14N6O5S/c1-21-8-7-9(22-2)14-11(13-8)17(10(12)18)23(19,20)15-16-5-3-4-6-16/h3-7,15H,1-2H3,(H2,12,18). The molecular formula is C11H14N6O5S. The second-order valence-electron chi connectivity index (χ2n) is 4.04. The number of nitrogens with one attached hydrogen (secondary N) is 1. The third-order valence-corrected chi connectivity index (χ3v) is 3.80. The summed E-state index contributed by atoms with van der Waals surface area (Å²) < 4.78 is 35.9. The van der Waals surface area contributed by atoms with Crippen LogP contribution in [0.3, 0.4) is 0 Å². The molecule has 0 aliphatic heterocycles. The number of amides is 2. The van der Waals surface area contributed by atoms with Gasteiger partial charge in [-0.2, -0.15) is 18.4 Å². The first-order valence-electron chi connectivity index (χ1n) is 6.10. The third kappa shape index (κ3) is 3.60. The van der Waals surface area contributed by atoms with Crippen LogP contribution in [0.2, 0.25) is 0 Å². The smallest absolute Gasteiger partial charge is 0.348 e. The molecule has 0 aliphatic carbocycles. The fourth-order valence-corrected chi connectivity index (χ4v) is 2.59. The molecule has 2 aromatic rings. The van der Waals surface area contributed by atoms with Crippen molar-refractivity contribution >= 4 is 22.2 Å². The molecule has 2 rings (SSSR count). The van der Waals surface area contributed by atoms with Crippen LogP contribution in [0.4, 0.5) is 10.7 Å². The van der Waals surface area contributed by atoms with E-state index in [9.17, 15) is 13.2 Å². The third-order valence-electron chi connectivity index (χ3n) is 2.53. The number of carbonyl (C=O) groups excluding carboxylic acids is 1. The minimum Gasteiger partial charge on any atom is -0.481 e. The number of nitrogens with two attached hydrogens (primary N) is 1. The first-order valence-corrected chi connectivity index (χ1v) is 7.54. The van der Waals surface area contributed by atoms with E-state index in [1.807, 2.05) is 0 Å². The van der Waals surface area contributed by atoms with Gasteiger partial charge >= 0.3 is 16.2 Å². The van der Waals surface area contributed by atoms with Crippen molar-refractivity contribution in [3.63, 3.8) is 0 Å². The Bertz CT molecular complexity index is 769. The molecule has 2 heterocycles. The number of carbonyl (C=O) groups is 1. The van der Waals surface area contributed by atoms with Crippen LogP contribution in [0.5, 0.6) is 11.8 Å². The number of ether oxygens (including phenoxy) is 2. The highest BCUT2D eigenvalue weighted by molar-refractivity contribution is 7.94. The van der Waals surface area contributed by atoms with Crippen LogP contribution in [-0.2, 0) is 10.2 Å². The van der Waals surface area contributed by atoms with Crippen LogP contribution in [-0.4, -0.2) is 43.3 Å². The molecule has 3 N–H and O–H groups in total. The number of nitrogens with zero attached hydrogens (tertiary/aromatic N) is 4. The Balaban J connectivity index is 2.48. The van der Waals surface area contributed by atoms with Crippen molar-refractivity contribution in [2.24, 2.45) is 5.73 Å². The molecule has 0 aromatic carbocycles. The van der Waals surface area contributed by atoms with Crippen molar-refractivity contribution in [3.05, 3.63) is 30.6 Å². The number of primary amides is 1. The van der Waals surface area contributed by atoms with Crippen molar-refractivity contribution in [1.82, 2.24) is 14.6 Å². The van der Waals surface area contributed by atoms with Crippen LogP contribution < -0.4 is 24.3 Å². The van der Waals surface area contributed by atoms with Crippen LogP contribution in [0.25, 0.3) is 0 Å². The van der Waals surface area contributed by atoms with Crippen molar-refractivity contribution < 1.29 is 22.7 Å². The molecule has 2 amide bonds. The van der Waals surface area contributed by atoms with E-state index in [0.717, 1.165) is 4.68 Å². The van der Waals surface area contributed by atoms with E-state index >= 15 is 0 Å². The molecule has 11 nitrogen and oxygen atoms in total. The Morgan fingerprint density at radius 1 is 1.22 bits per heavy atom. The molecule has 12 heteroatoms. The topological polar surface area (TPSA) is 142 Å². The summed E-state index contributed by atoms with van der Waals surface area (Å²) in [5.41, 5.74) is 5.16. The number of rotatable bonds is 6. The number of hydrogen-bond donors (Lipinski definition) is 2. The second-order valence-corrected chi connectivity index (χ2v) is 5.54. The Hall–Kier alpha value is -3.02. The Morgan fingerprint density at radius 3 is 2.17 bits per heavy atom. The highest BCUT2D eigenvalue weighted by Gasteiger charge is 2.31. The van der Waals surface area contributed by atoms with Crippen LogP contribution in [0, 0.1) is 0 Å². The zero-order chi connectivity index (χ0) is 17.0. The molecule has 0 fully saturated rings. The van der Waals surface area contributed by atoms with E-state index < -0.39 is 22.2 Å².